The van der Waals surface area contributed by atoms with Gasteiger partial charge in [0.25, 0.3) is 0 Å². The van der Waals surface area contributed by atoms with Crippen molar-refractivity contribution >= 4 is 17.7 Å². The van der Waals surface area contributed by atoms with Crippen LogP contribution in [0.1, 0.15) is 13.3 Å². The smallest absolute Gasteiger partial charge is 0.190 e. The summed E-state index contributed by atoms with van der Waals surface area (Å²) in [4.78, 5) is 5.99. The SMILES string of the molecule is CCC(CSC)N(C)C(N)=NC. The normalized spacial score (nSPS) is 14.5. The molecule has 2 N–H and O–H groups in total. The molecule has 0 aliphatic heterocycles. The van der Waals surface area contributed by atoms with Gasteiger partial charge < -0.3 is 10.6 Å². The number of aliphatic imine (C=N–C) groups is 1. The Morgan fingerprint density at radius 3 is 2.58 bits per heavy atom. The summed E-state index contributed by atoms with van der Waals surface area (Å²) in [5.41, 5.74) is 5.69. The highest BCUT2D eigenvalue weighted by Gasteiger charge is 2.12. The van der Waals surface area contributed by atoms with Crippen molar-refractivity contribution in [2.24, 2.45) is 10.7 Å². The van der Waals surface area contributed by atoms with Crippen LogP contribution in [0.25, 0.3) is 0 Å². The topological polar surface area (TPSA) is 41.6 Å². The van der Waals surface area contributed by atoms with Gasteiger partial charge in [-0.2, -0.15) is 11.8 Å². The molecule has 0 spiro atoms. The third-order valence-corrected chi connectivity index (χ3v) is 2.69. The number of hydrogen-bond donors (Lipinski definition) is 1. The zero-order chi connectivity index (χ0) is 9.56. The first-order valence-electron chi connectivity index (χ1n) is 4.11. The highest BCUT2D eigenvalue weighted by atomic mass is 32.2. The minimum absolute atomic E-state index is 0.503. The van der Waals surface area contributed by atoms with Crippen LogP contribution in [-0.2, 0) is 0 Å². The second-order valence-electron chi connectivity index (χ2n) is 2.71. The molecule has 0 rings (SSSR count). The maximum atomic E-state index is 5.69. The van der Waals surface area contributed by atoms with Crippen molar-refractivity contribution in [1.29, 1.82) is 0 Å². The number of nitrogens with zero attached hydrogens (tertiary/aromatic N) is 2. The van der Waals surface area contributed by atoms with E-state index in [9.17, 15) is 0 Å². The van der Waals surface area contributed by atoms with Gasteiger partial charge in [-0.3, -0.25) is 4.99 Å². The zero-order valence-corrected chi connectivity index (χ0v) is 9.19. The summed E-state index contributed by atoms with van der Waals surface area (Å²) in [5.74, 6) is 1.72. The fourth-order valence-electron chi connectivity index (χ4n) is 1.04. The molecule has 0 aromatic rings. The van der Waals surface area contributed by atoms with Crippen molar-refractivity contribution in [3.63, 3.8) is 0 Å². The van der Waals surface area contributed by atoms with E-state index in [1.54, 1.807) is 7.05 Å². The zero-order valence-electron chi connectivity index (χ0n) is 8.37. The summed E-state index contributed by atoms with van der Waals surface area (Å²) in [6.45, 7) is 2.17. The maximum Gasteiger partial charge on any atom is 0.190 e. The Kier molecular flexibility index (Phi) is 5.98. The third-order valence-electron chi connectivity index (χ3n) is 1.97. The number of nitrogens with two attached hydrogens (primary N) is 1. The van der Waals surface area contributed by atoms with Crippen LogP contribution in [0, 0.1) is 0 Å². The monoisotopic (exact) mass is 189 g/mol. The average Bonchev–Trinajstić information content (AvgIpc) is 2.11. The van der Waals surface area contributed by atoms with Gasteiger partial charge in [0.2, 0.25) is 0 Å². The van der Waals surface area contributed by atoms with Gasteiger partial charge in [0, 0.05) is 25.9 Å². The van der Waals surface area contributed by atoms with Crippen LogP contribution in [0.5, 0.6) is 0 Å². The molecule has 0 heterocycles. The summed E-state index contributed by atoms with van der Waals surface area (Å²) in [6.07, 6.45) is 3.21. The molecular formula is C8H19N3S. The van der Waals surface area contributed by atoms with Crippen molar-refractivity contribution in [2.75, 3.05) is 26.1 Å². The van der Waals surface area contributed by atoms with Crippen LogP contribution in [0.4, 0.5) is 0 Å². The van der Waals surface area contributed by atoms with Crippen LogP contribution in [0.3, 0.4) is 0 Å². The molecule has 12 heavy (non-hydrogen) atoms. The van der Waals surface area contributed by atoms with Crippen LogP contribution in [0.2, 0.25) is 0 Å². The number of hydrogen-bond acceptors (Lipinski definition) is 2. The Balaban J connectivity index is 4.10. The molecule has 0 fully saturated rings. The minimum atomic E-state index is 0.503. The second kappa shape index (κ2) is 6.17. The van der Waals surface area contributed by atoms with E-state index in [0.29, 0.717) is 12.0 Å². The summed E-state index contributed by atoms with van der Waals surface area (Å²) >= 11 is 1.84. The molecule has 0 aliphatic carbocycles. The van der Waals surface area contributed by atoms with E-state index >= 15 is 0 Å². The lowest BCUT2D eigenvalue weighted by molar-refractivity contribution is 0.382. The predicted octanol–water partition coefficient (Wildman–Crippen LogP) is 1.00. The van der Waals surface area contributed by atoms with E-state index in [1.165, 1.54) is 0 Å². The van der Waals surface area contributed by atoms with Gasteiger partial charge in [-0.15, -0.1) is 0 Å². The Labute approximate surface area is 79.4 Å². The van der Waals surface area contributed by atoms with Crippen LogP contribution >= 0.6 is 11.8 Å². The summed E-state index contributed by atoms with van der Waals surface area (Å²) in [6, 6.07) is 0.503. The van der Waals surface area contributed by atoms with Gasteiger partial charge >= 0.3 is 0 Å². The Morgan fingerprint density at radius 2 is 2.25 bits per heavy atom. The first-order valence-corrected chi connectivity index (χ1v) is 5.50. The van der Waals surface area contributed by atoms with Gasteiger partial charge in [-0.05, 0) is 12.7 Å². The molecule has 1 atom stereocenters. The van der Waals surface area contributed by atoms with Gasteiger partial charge in [0.15, 0.2) is 5.96 Å². The van der Waals surface area contributed by atoms with Crippen molar-refractivity contribution in [3.05, 3.63) is 0 Å². The Hall–Kier alpha value is -0.380. The van der Waals surface area contributed by atoms with Gasteiger partial charge in [0.05, 0.1) is 0 Å². The van der Waals surface area contributed by atoms with E-state index in [2.05, 4.69) is 18.2 Å². The van der Waals surface area contributed by atoms with Gasteiger partial charge in [-0.1, -0.05) is 6.92 Å². The van der Waals surface area contributed by atoms with E-state index in [1.807, 2.05) is 23.7 Å². The highest BCUT2D eigenvalue weighted by molar-refractivity contribution is 7.98. The number of guanidine groups is 1. The van der Waals surface area contributed by atoms with Crippen molar-refractivity contribution in [2.45, 2.75) is 19.4 Å². The van der Waals surface area contributed by atoms with Crippen molar-refractivity contribution in [3.8, 4) is 0 Å². The van der Waals surface area contributed by atoms with Crippen molar-refractivity contribution < 1.29 is 0 Å². The Bertz CT molecular complexity index is 147. The van der Waals surface area contributed by atoms with E-state index in [4.69, 9.17) is 5.73 Å². The van der Waals surface area contributed by atoms with E-state index in [0.717, 1.165) is 12.2 Å². The minimum Gasteiger partial charge on any atom is -0.370 e. The summed E-state index contributed by atoms with van der Waals surface area (Å²) < 4.78 is 0. The predicted molar refractivity (Wildman–Crippen MR) is 57.8 cm³/mol. The average molecular weight is 189 g/mol. The maximum absolute atomic E-state index is 5.69. The highest BCUT2D eigenvalue weighted by Crippen LogP contribution is 2.07. The molecule has 0 bridgehead atoms. The standard InChI is InChI=1S/C8H19N3S/c1-5-7(6-12-4)11(3)8(9)10-2/h7H,5-6H2,1-4H3,(H2,9,10). The molecule has 72 valence electrons. The fourth-order valence-corrected chi connectivity index (χ4v) is 1.88. The lowest BCUT2D eigenvalue weighted by Gasteiger charge is -2.27. The lowest BCUT2D eigenvalue weighted by atomic mass is 10.2. The molecule has 0 aliphatic rings. The molecule has 4 heteroatoms. The van der Waals surface area contributed by atoms with Crippen molar-refractivity contribution in [1.82, 2.24) is 4.90 Å². The molecule has 0 aromatic heterocycles. The fraction of sp³-hybridized carbons (Fsp3) is 0.875. The molecule has 0 amide bonds. The van der Waals surface area contributed by atoms with E-state index in [-0.39, 0.29) is 0 Å². The quantitative estimate of drug-likeness (QED) is 0.530. The Morgan fingerprint density at radius 1 is 1.67 bits per heavy atom. The van der Waals surface area contributed by atoms with Gasteiger partial charge in [-0.25, -0.2) is 0 Å². The molecule has 0 saturated heterocycles. The molecule has 0 aromatic carbocycles. The van der Waals surface area contributed by atoms with E-state index < -0.39 is 0 Å². The molecule has 0 radical (unpaired) electrons. The first-order chi connectivity index (χ1) is 5.67. The van der Waals surface area contributed by atoms with Crippen LogP contribution in [0.15, 0.2) is 4.99 Å². The van der Waals surface area contributed by atoms with Gasteiger partial charge in [0.1, 0.15) is 0 Å². The summed E-state index contributed by atoms with van der Waals surface area (Å²) in [5, 5.41) is 0. The molecule has 0 saturated carbocycles. The first kappa shape index (κ1) is 11.6. The van der Waals surface area contributed by atoms with Crippen LogP contribution < -0.4 is 5.73 Å². The second-order valence-corrected chi connectivity index (χ2v) is 3.62. The molecule has 3 nitrogen and oxygen atoms in total. The molecule has 1 unspecified atom stereocenters. The molecular weight excluding hydrogens is 170 g/mol. The number of rotatable bonds is 4. The summed E-state index contributed by atoms with van der Waals surface area (Å²) in [7, 11) is 3.71. The third kappa shape index (κ3) is 3.34. The number of thioether (sulfide) groups is 1. The lowest BCUT2D eigenvalue weighted by Crippen LogP contribution is -2.42. The van der Waals surface area contributed by atoms with Crippen LogP contribution in [-0.4, -0.2) is 43.0 Å². The largest absolute Gasteiger partial charge is 0.370 e.